The first-order valence-corrected chi connectivity index (χ1v) is 8.96. The molecule has 5 nitrogen and oxygen atoms in total. The Morgan fingerprint density at radius 1 is 0.769 bits per heavy atom. The number of anilines is 3. The number of carbonyl (C=O) groups excluding carboxylic acids is 2. The first kappa shape index (κ1) is 19.5. The molecule has 0 saturated heterocycles. The molecule has 26 heavy (non-hydrogen) atoms. The molecule has 0 aromatic heterocycles. The minimum atomic E-state index is -0.392. The van der Waals surface area contributed by atoms with Gasteiger partial charge in [0.15, 0.2) is 0 Å². The van der Waals surface area contributed by atoms with Crippen LogP contribution in [0.5, 0.6) is 0 Å². The summed E-state index contributed by atoms with van der Waals surface area (Å²) in [4.78, 5) is 24.0. The molecule has 0 fully saturated rings. The van der Waals surface area contributed by atoms with Crippen molar-refractivity contribution in [2.75, 3.05) is 16.0 Å². The number of rotatable bonds is 7. The highest BCUT2D eigenvalue weighted by Crippen LogP contribution is 2.16. The van der Waals surface area contributed by atoms with Crippen LogP contribution < -0.4 is 16.0 Å². The molecule has 2 rings (SSSR count). The van der Waals surface area contributed by atoms with Crippen LogP contribution in [0.15, 0.2) is 48.5 Å². The van der Waals surface area contributed by atoms with Gasteiger partial charge in [-0.05, 0) is 55.3 Å². The Hall–Kier alpha value is -2.82. The number of hydrogen-bond acceptors (Lipinski definition) is 3. The maximum absolute atomic E-state index is 12.3. The van der Waals surface area contributed by atoms with E-state index in [1.54, 1.807) is 0 Å². The molecule has 0 spiro atoms. The van der Waals surface area contributed by atoms with Crippen LogP contribution in [-0.4, -0.2) is 17.9 Å². The first-order valence-electron chi connectivity index (χ1n) is 8.96. The predicted octanol–water partition coefficient (Wildman–Crippen LogP) is 4.28. The smallest absolute Gasteiger partial charge is 0.246 e. The fourth-order valence-electron chi connectivity index (χ4n) is 2.33. The highest BCUT2D eigenvalue weighted by Gasteiger charge is 2.13. The molecule has 138 valence electrons. The van der Waals surface area contributed by atoms with Crippen molar-refractivity contribution in [3.05, 3.63) is 54.1 Å². The number of amides is 2. The zero-order chi connectivity index (χ0) is 19.1. The highest BCUT2D eigenvalue weighted by atomic mass is 16.2. The van der Waals surface area contributed by atoms with Crippen LogP contribution in [0.4, 0.5) is 17.1 Å². The van der Waals surface area contributed by atoms with Gasteiger partial charge in [-0.3, -0.25) is 9.59 Å². The van der Waals surface area contributed by atoms with Crippen molar-refractivity contribution in [3.8, 4) is 0 Å². The van der Waals surface area contributed by atoms with Crippen LogP contribution in [-0.2, 0) is 16.0 Å². The minimum absolute atomic E-state index is 0.0208. The summed E-state index contributed by atoms with van der Waals surface area (Å²) >= 11 is 0. The predicted molar refractivity (Wildman–Crippen MR) is 107 cm³/mol. The lowest BCUT2D eigenvalue weighted by Crippen LogP contribution is -2.31. The lowest BCUT2D eigenvalue weighted by molar-refractivity contribution is -0.119. The molecule has 0 saturated carbocycles. The maximum atomic E-state index is 12.3. The monoisotopic (exact) mass is 353 g/mol. The first-order chi connectivity index (χ1) is 12.4. The van der Waals surface area contributed by atoms with Crippen LogP contribution in [0.3, 0.4) is 0 Å². The molecule has 5 heteroatoms. The van der Waals surface area contributed by atoms with Crippen LogP contribution in [0.25, 0.3) is 0 Å². The molecule has 2 aromatic rings. The molecule has 1 atom stereocenters. The summed E-state index contributed by atoms with van der Waals surface area (Å²) in [6.45, 7) is 7.60. The number of benzene rings is 2. The van der Waals surface area contributed by atoms with Crippen LogP contribution in [0, 0.1) is 5.92 Å². The fraction of sp³-hybridized carbons (Fsp3) is 0.333. The van der Waals surface area contributed by atoms with Crippen molar-refractivity contribution in [2.24, 2.45) is 5.92 Å². The topological polar surface area (TPSA) is 70.2 Å². The van der Waals surface area contributed by atoms with Gasteiger partial charge in [-0.25, -0.2) is 0 Å². The molecule has 0 radical (unpaired) electrons. The summed E-state index contributed by atoms with van der Waals surface area (Å²) in [6, 6.07) is 14.8. The Morgan fingerprint density at radius 3 is 1.73 bits per heavy atom. The van der Waals surface area contributed by atoms with Gasteiger partial charge in [0.2, 0.25) is 11.8 Å². The third kappa shape index (κ3) is 5.62. The second kappa shape index (κ2) is 9.04. The van der Waals surface area contributed by atoms with Gasteiger partial charge in [-0.2, -0.15) is 0 Å². The SMILES string of the molecule is CCc1ccc(NC(=O)C(C)Nc2ccc(NC(=O)C(C)C)cc2)cc1. The maximum Gasteiger partial charge on any atom is 0.246 e. The zero-order valence-electron chi connectivity index (χ0n) is 15.8. The van der Waals surface area contributed by atoms with Gasteiger partial charge in [0.05, 0.1) is 0 Å². The van der Waals surface area contributed by atoms with E-state index in [0.717, 1.165) is 23.5 Å². The van der Waals surface area contributed by atoms with E-state index < -0.39 is 6.04 Å². The Labute approximate surface area is 155 Å². The van der Waals surface area contributed by atoms with Gasteiger partial charge >= 0.3 is 0 Å². The second-order valence-corrected chi connectivity index (χ2v) is 6.63. The lowest BCUT2D eigenvalue weighted by Gasteiger charge is -2.16. The largest absolute Gasteiger partial charge is 0.374 e. The van der Waals surface area contributed by atoms with Crippen LogP contribution in [0.2, 0.25) is 0 Å². The van der Waals surface area contributed by atoms with E-state index in [0.29, 0.717) is 0 Å². The Balaban J connectivity index is 1.90. The number of hydrogen-bond donors (Lipinski definition) is 3. The third-order valence-corrected chi connectivity index (χ3v) is 4.08. The van der Waals surface area contributed by atoms with E-state index in [-0.39, 0.29) is 17.7 Å². The summed E-state index contributed by atoms with van der Waals surface area (Å²) in [5.74, 6) is -0.193. The van der Waals surface area contributed by atoms with E-state index in [1.807, 2.05) is 69.3 Å². The average molecular weight is 353 g/mol. The molecule has 1 unspecified atom stereocenters. The lowest BCUT2D eigenvalue weighted by atomic mass is 10.1. The van der Waals surface area contributed by atoms with E-state index >= 15 is 0 Å². The van der Waals surface area contributed by atoms with Gasteiger partial charge < -0.3 is 16.0 Å². The number of nitrogens with one attached hydrogen (secondary N) is 3. The van der Waals surface area contributed by atoms with Gasteiger partial charge in [0.25, 0.3) is 0 Å². The minimum Gasteiger partial charge on any atom is -0.374 e. The van der Waals surface area contributed by atoms with Crippen molar-refractivity contribution in [1.82, 2.24) is 0 Å². The normalized spacial score (nSPS) is 11.7. The van der Waals surface area contributed by atoms with E-state index in [1.165, 1.54) is 5.56 Å². The molecule has 2 amide bonds. The molecule has 2 aromatic carbocycles. The molecule has 0 bridgehead atoms. The Kier molecular flexibility index (Phi) is 6.78. The molecular weight excluding hydrogens is 326 g/mol. The average Bonchev–Trinajstić information content (AvgIpc) is 2.63. The zero-order valence-corrected chi connectivity index (χ0v) is 15.8. The molecule has 0 heterocycles. The van der Waals surface area contributed by atoms with Crippen molar-refractivity contribution in [2.45, 2.75) is 40.2 Å². The van der Waals surface area contributed by atoms with Gasteiger partial charge in [0.1, 0.15) is 6.04 Å². The molecule has 3 N–H and O–H groups in total. The summed E-state index contributed by atoms with van der Waals surface area (Å²) in [7, 11) is 0. The molecular formula is C21H27N3O2. The highest BCUT2D eigenvalue weighted by molar-refractivity contribution is 5.96. The van der Waals surface area contributed by atoms with Gasteiger partial charge in [0, 0.05) is 23.0 Å². The van der Waals surface area contributed by atoms with E-state index in [9.17, 15) is 9.59 Å². The van der Waals surface area contributed by atoms with E-state index in [4.69, 9.17) is 0 Å². The van der Waals surface area contributed by atoms with Gasteiger partial charge in [-0.15, -0.1) is 0 Å². The van der Waals surface area contributed by atoms with Crippen molar-refractivity contribution in [1.29, 1.82) is 0 Å². The molecule has 0 aliphatic carbocycles. The van der Waals surface area contributed by atoms with Crippen LogP contribution >= 0.6 is 0 Å². The van der Waals surface area contributed by atoms with Crippen molar-refractivity contribution >= 4 is 28.9 Å². The second-order valence-electron chi connectivity index (χ2n) is 6.63. The Bertz CT molecular complexity index is 737. The molecule has 0 aliphatic heterocycles. The number of carbonyl (C=O) groups is 2. The Morgan fingerprint density at radius 2 is 1.23 bits per heavy atom. The standard InChI is InChI=1S/C21H27N3O2/c1-5-16-6-8-18(9-7-16)24-21(26)15(4)22-17-10-12-19(13-11-17)23-20(25)14(2)3/h6-15,22H,5H2,1-4H3,(H,23,25)(H,24,26). The van der Waals surface area contributed by atoms with Crippen LogP contribution in [0.1, 0.15) is 33.3 Å². The summed E-state index contributed by atoms with van der Waals surface area (Å²) in [5.41, 5.74) is 3.57. The summed E-state index contributed by atoms with van der Waals surface area (Å²) in [6.07, 6.45) is 0.972. The quantitative estimate of drug-likeness (QED) is 0.696. The van der Waals surface area contributed by atoms with Gasteiger partial charge in [-0.1, -0.05) is 32.9 Å². The fourth-order valence-corrected chi connectivity index (χ4v) is 2.33. The van der Waals surface area contributed by atoms with Crippen molar-refractivity contribution < 1.29 is 9.59 Å². The summed E-state index contributed by atoms with van der Waals surface area (Å²) < 4.78 is 0. The molecule has 0 aliphatic rings. The third-order valence-electron chi connectivity index (χ3n) is 4.08. The summed E-state index contributed by atoms with van der Waals surface area (Å²) in [5, 5.41) is 8.91. The van der Waals surface area contributed by atoms with E-state index in [2.05, 4.69) is 22.9 Å². The van der Waals surface area contributed by atoms with Crippen molar-refractivity contribution in [3.63, 3.8) is 0 Å². The number of aryl methyl sites for hydroxylation is 1.